The normalized spacial score (nSPS) is 15.6. The number of aryl methyl sites for hydroxylation is 1. The first-order valence-electron chi connectivity index (χ1n) is 11.9. The Morgan fingerprint density at radius 3 is 2.36 bits per heavy atom. The second-order valence-corrected chi connectivity index (χ2v) is 10.9. The fourth-order valence-corrected chi connectivity index (χ4v) is 4.76. The van der Waals surface area contributed by atoms with E-state index >= 15 is 0 Å². The van der Waals surface area contributed by atoms with Gasteiger partial charge < -0.3 is 10.6 Å². The molecule has 0 heterocycles. The third-order valence-corrected chi connectivity index (χ3v) is 7.19. The molecule has 1 atom stereocenters. The summed E-state index contributed by atoms with van der Waals surface area (Å²) in [5.74, 6) is -0.170. The summed E-state index contributed by atoms with van der Waals surface area (Å²) < 4.78 is 3.42. The van der Waals surface area contributed by atoms with Crippen molar-refractivity contribution in [2.75, 3.05) is 5.32 Å². The molecule has 0 spiro atoms. The number of amides is 2. The summed E-state index contributed by atoms with van der Waals surface area (Å²) in [6.45, 7) is 8.41. The van der Waals surface area contributed by atoms with Crippen molar-refractivity contribution in [2.24, 2.45) is 5.92 Å². The smallest absolute Gasteiger partial charge is 0.247 e. The number of benzene rings is 2. The van der Waals surface area contributed by atoms with Crippen LogP contribution in [-0.2, 0) is 16.0 Å². The van der Waals surface area contributed by atoms with Crippen LogP contribution in [0.5, 0.6) is 0 Å². The van der Waals surface area contributed by atoms with E-state index in [1.54, 1.807) is 11.9 Å². The fourth-order valence-electron chi connectivity index (χ4n) is 3.99. The Bertz CT molecular complexity index is 934. The molecule has 1 aliphatic rings. The molecule has 0 aromatic heterocycles. The highest BCUT2D eigenvalue weighted by Crippen LogP contribution is 2.26. The topological polar surface area (TPSA) is 70.2 Å². The molecule has 2 amide bonds. The fraction of sp³-hybridized carbons (Fsp3) is 0.481. The summed E-state index contributed by atoms with van der Waals surface area (Å²) >= 11 is 1.59. The van der Waals surface area contributed by atoms with Gasteiger partial charge in [-0.1, -0.05) is 49.6 Å². The van der Waals surface area contributed by atoms with E-state index in [1.165, 1.54) is 6.42 Å². The van der Waals surface area contributed by atoms with Crippen LogP contribution in [0.1, 0.15) is 64.0 Å². The van der Waals surface area contributed by atoms with Crippen molar-refractivity contribution in [1.82, 2.24) is 10.0 Å². The molecule has 0 radical (unpaired) electrons. The maximum Gasteiger partial charge on any atom is 0.247 e. The van der Waals surface area contributed by atoms with E-state index in [0.29, 0.717) is 6.42 Å². The van der Waals surface area contributed by atoms with Crippen molar-refractivity contribution in [3.63, 3.8) is 0 Å². The average molecular weight is 468 g/mol. The molecule has 2 aromatic carbocycles. The van der Waals surface area contributed by atoms with Gasteiger partial charge in [-0.25, -0.2) is 0 Å². The largest absolute Gasteiger partial charge is 0.344 e. The molecule has 0 aliphatic heterocycles. The molecule has 1 aliphatic carbocycles. The molecule has 2 aromatic rings. The highest BCUT2D eigenvalue weighted by molar-refractivity contribution is 7.97. The lowest BCUT2D eigenvalue weighted by Gasteiger charge is -2.25. The molecule has 1 fully saturated rings. The molecular formula is C27H37N3O2S. The molecule has 0 saturated heterocycles. The minimum atomic E-state index is -0.612. The van der Waals surface area contributed by atoms with Crippen LogP contribution in [0.2, 0.25) is 0 Å². The van der Waals surface area contributed by atoms with Gasteiger partial charge in [0.05, 0.1) is 0 Å². The second-order valence-electron chi connectivity index (χ2n) is 10.0. The van der Waals surface area contributed by atoms with Crippen LogP contribution in [0.4, 0.5) is 5.69 Å². The van der Waals surface area contributed by atoms with E-state index in [4.69, 9.17) is 0 Å². The van der Waals surface area contributed by atoms with Crippen LogP contribution in [0.25, 0.3) is 0 Å². The van der Waals surface area contributed by atoms with E-state index in [1.807, 2.05) is 55.5 Å². The van der Waals surface area contributed by atoms with Gasteiger partial charge in [-0.3, -0.25) is 14.3 Å². The Hall–Kier alpha value is -2.31. The van der Waals surface area contributed by atoms with Gasteiger partial charge in [0.25, 0.3) is 0 Å². The Labute approximate surface area is 202 Å². The summed E-state index contributed by atoms with van der Waals surface area (Å²) in [5.41, 5.74) is 2.85. The molecule has 3 rings (SSSR count). The maximum absolute atomic E-state index is 13.2. The van der Waals surface area contributed by atoms with Crippen LogP contribution in [-0.4, -0.2) is 23.4 Å². The third-order valence-electron chi connectivity index (χ3n) is 5.80. The van der Waals surface area contributed by atoms with Gasteiger partial charge in [-0.05, 0) is 81.8 Å². The van der Waals surface area contributed by atoms with Crippen LogP contribution < -0.4 is 15.4 Å². The number of carbonyl (C=O) groups excluding carboxylic acids is 2. The summed E-state index contributed by atoms with van der Waals surface area (Å²) in [6, 6.07) is 15.2. The number of hydrogen-bond donors (Lipinski definition) is 3. The number of anilines is 1. The van der Waals surface area contributed by atoms with Crippen molar-refractivity contribution in [3.8, 4) is 0 Å². The first-order valence-corrected chi connectivity index (χ1v) is 12.7. The van der Waals surface area contributed by atoms with Crippen molar-refractivity contribution in [1.29, 1.82) is 0 Å². The molecule has 1 saturated carbocycles. The van der Waals surface area contributed by atoms with Crippen LogP contribution in [0.3, 0.4) is 0 Å². The molecule has 6 heteroatoms. The highest BCUT2D eigenvalue weighted by Gasteiger charge is 2.27. The monoisotopic (exact) mass is 467 g/mol. The van der Waals surface area contributed by atoms with Crippen molar-refractivity contribution >= 4 is 29.4 Å². The molecule has 0 unspecified atom stereocenters. The Morgan fingerprint density at radius 1 is 1.03 bits per heavy atom. The van der Waals surface area contributed by atoms with Crippen LogP contribution >= 0.6 is 11.9 Å². The maximum atomic E-state index is 13.2. The molecule has 3 N–H and O–H groups in total. The van der Waals surface area contributed by atoms with E-state index in [0.717, 1.165) is 47.4 Å². The van der Waals surface area contributed by atoms with Crippen molar-refractivity contribution < 1.29 is 9.59 Å². The summed E-state index contributed by atoms with van der Waals surface area (Å²) in [7, 11) is 0. The standard InChI is InChI=1S/C27H37N3O2S/c1-19-17-22(15-16-24(19)33-30-27(2,3)4)28-26(32)23(18-20-11-7-5-8-12-20)29-25(31)21-13-9-6-10-14-21/h5,7-8,11-12,15-17,21,23,30H,6,9-10,13-14,18H2,1-4H3,(H,28,32)(H,29,31)/t23-/m0/s1. The van der Waals surface area contributed by atoms with Crippen molar-refractivity contribution in [2.45, 2.75) is 82.7 Å². The van der Waals surface area contributed by atoms with Gasteiger partial charge in [0.1, 0.15) is 6.04 Å². The van der Waals surface area contributed by atoms with E-state index in [9.17, 15) is 9.59 Å². The Balaban J connectivity index is 1.69. The average Bonchev–Trinajstić information content (AvgIpc) is 2.78. The number of nitrogens with one attached hydrogen (secondary N) is 3. The second kappa shape index (κ2) is 11.7. The SMILES string of the molecule is Cc1cc(NC(=O)[C@H](Cc2ccccc2)NC(=O)C2CCCCC2)ccc1SNC(C)(C)C. The van der Waals surface area contributed by atoms with E-state index in [2.05, 4.69) is 36.1 Å². The number of hydrogen-bond acceptors (Lipinski definition) is 4. The summed E-state index contributed by atoms with van der Waals surface area (Å²) in [4.78, 5) is 27.3. The molecule has 5 nitrogen and oxygen atoms in total. The van der Waals surface area contributed by atoms with Crippen LogP contribution in [0, 0.1) is 12.8 Å². The zero-order valence-electron chi connectivity index (χ0n) is 20.2. The zero-order chi connectivity index (χ0) is 23.8. The first kappa shape index (κ1) is 25.3. The van der Waals surface area contributed by atoms with Gasteiger partial charge in [-0.2, -0.15) is 0 Å². The molecule has 0 bridgehead atoms. The lowest BCUT2D eigenvalue weighted by atomic mass is 9.88. The minimum absolute atomic E-state index is 0.00182. The molecular weight excluding hydrogens is 430 g/mol. The lowest BCUT2D eigenvalue weighted by Crippen LogP contribution is -2.47. The zero-order valence-corrected chi connectivity index (χ0v) is 21.1. The van der Waals surface area contributed by atoms with E-state index < -0.39 is 6.04 Å². The number of rotatable bonds is 8. The predicted octanol–water partition coefficient (Wildman–Crippen LogP) is 5.64. The van der Waals surface area contributed by atoms with Gasteiger partial charge in [0.15, 0.2) is 0 Å². The van der Waals surface area contributed by atoms with Gasteiger partial charge in [-0.15, -0.1) is 0 Å². The predicted molar refractivity (Wildman–Crippen MR) is 137 cm³/mol. The molecule has 178 valence electrons. The summed E-state index contributed by atoms with van der Waals surface area (Å²) in [6.07, 6.45) is 5.64. The minimum Gasteiger partial charge on any atom is -0.344 e. The first-order chi connectivity index (χ1) is 15.7. The quantitative estimate of drug-likeness (QED) is 0.440. The van der Waals surface area contributed by atoms with Crippen LogP contribution in [0.15, 0.2) is 53.4 Å². The van der Waals surface area contributed by atoms with E-state index in [-0.39, 0.29) is 23.3 Å². The third kappa shape index (κ3) is 8.20. The van der Waals surface area contributed by atoms with Gasteiger partial charge in [0.2, 0.25) is 11.8 Å². The number of carbonyl (C=O) groups is 2. The molecule has 33 heavy (non-hydrogen) atoms. The van der Waals surface area contributed by atoms with Gasteiger partial charge >= 0.3 is 0 Å². The summed E-state index contributed by atoms with van der Waals surface area (Å²) in [5, 5.41) is 6.08. The highest BCUT2D eigenvalue weighted by atomic mass is 32.2. The van der Waals surface area contributed by atoms with Gasteiger partial charge in [0, 0.05) is 28.5 Å². The lowest BCUT2D eigenvalue weighted by molar-refractivity contribution is -0.130. The Morgan fingerprint density at radius 2 is 1.73 bits per heavy atom. The van der Waals surface area contributed by atoms with Crippen molar-refractivity contribution in [3.05, 3.63) is 59.7 Å². The Kier molecular flexibility index (Phi) is 8.98.